The van der Waals surface area contributed by atoms with Gasteiger partial charge in [0.2, 0.25) is 0 Å². The fraction of sp³-hybridized carbons (Fsp3) is 0.429. The molecule has 1 heterocycles. The summed E-state index contributed by atoms with van der Waals surface area (Å²) in [5.41, 5.74) is -0.766. The van der Waals surface area contributed by atoms with Crippen LogP contribution < -0.4 is 4.74 Å². The number of amides is 1. The van der Waals surface area contributed by atoms with Gasteiger partial charge in [-0.3, -0.25) is 9.59 Å². The number of rotatable bonds is 3. The van der Waals surface area contributed by atoms with Crippen molar-refractivity contribution in [2.24, 2.45) is 5.41 Å². The Kier molecular flexibility index (Phi) is 3.57. The highest BCUT2D eigenvalue weighted by atomic mass is 16.5. The molecule has 1 saturated heterocycles. The van der Waals surface area contributed by atoms with Crippen LogP contribution in [0.25, 0.3) is 0 Å². The summed E-state index contributed by atoms with van der Waals surface area (Å²) >= 11 is 0. The minimum absolute atomic E-state index is 0.145. The van der Waals surface area contributed by atoms with Crippen molar-refractivity contribution in [3.05, 3.63) is 23.8 Å². The topological polar surface area (TPSA) is 87.1 Å². The predicted octanol–water partition coefficient (Wildman–Crippen LogP) is 1.34. The van der Waals surface area contributed by atoms with Crippen molar-refractivity contribution in [1.29, 1.82) is 0 Å². The zero-order valence-corrected chi connectivity index (χ0v) is 11.4. The predicted molar refractivity (Wildman–Crippen MR) is 70.9 cm³/mol. The zero-order chi connectivity index (χ0) is 14.9. The van der Waals surface area contributed by atoms with E-state index in [0.717, 1.165) is 0 Å². The van der Waals surface area contributed by atoms with E-state index < -0.39 is 11.4 Å². The molecule has 2 rings (SSSR count). The lowest BCUT2D eigenvalue weighted by Gasteiger charge is -2.20. The van der Waals surface area contributed by atoms with E-state index in [0.29, 0.717) is 18.7 Å². The highest BCUT2D eigenvalue weighted by Gasteiger charge is 2.42. The molecule has 108 valence electrons. The Hall–Kier alpha value is -2.24. The number of ether oxygens (including phenoxy) is 1. The standard InChI is InChI=1S/C14H17NO5/c1-14(13(18)19)5-6-15(8-14)12(17)10-4-3-9(20-2)7-11(10)16/h3-4,7,16H,5-6,8H2,1-2H3,(H,18,19). The second-order valence-corrected chi connectivity index (χ2v) is 5.23. The number of hydrogen-bond donors (Lipinski definition) is 2. The third kappa shape index (κ3) is 2.41. The Balaban J connectivity index is 2.19. The van der Waals surface area contributed by atoms with Gasteiger partial charge in [-0.05, 0) is 25.5 Å². The summed E-state index contributed by atoms with van der Waals surface area (Å²) in [6, 6.07) is 4.42. The second-order valence-electron chi connectivity index (χ2n) is 5.23. The number of carboxylic acids is 1. The summed E-state index contributed by atoms with van der Waals surface area (Å²) in [7, 11) is 1.47. The van der Waals surface area contributed by atoms with E-state index in [4.69, 9.17) is 9.84 Å². The van der Waals surface area contributed by atoms with Crippen molar-refractivity contribution in [3.8, 4) is 11.5 Å². The molecule has 0 aliphatic carbocycles. The van der Waals surface area contributed by atoms with Crippen LogP contribution in [0.3, 0.4) is 0 Å². The van der Waals surface area contributed by atoms with Crippen molar-refractivity contribution >= 4 is 11.9 Å². The smallest absolute Gasteiger partial charge is 0.311 e. The number of phenols is 1. The molecule has 1 aromatic rings. The van der Waals surface area contributed by atoms with E-state index >= 15 is 0 Å². The largest absolute Gasteiger partial charge is 0.507 e. The van der Waals surface area contributed by atoms with Gasteiger partial charge in [-0.1, -0.05) is 0 Å². The Morgan fingerprint density at radius 3 is 2.60 bits per heavy atom. The van der Waals surface area contributed by atoms with Crippen LogP contribution >= 0.6 is 0 Å². The first-order chi connectivity index (χ1) is 9.37. The minimum Gasteiger partial charge on any atom is -0.507 e. The first kappa shape index (κ1) is 14.2. The maximum absolute atomic E-state index is 12.3. The van der Waals surface area contributed by atoms with Gasteiger partial charge in [0, 0.05) is 19.2 Å². The van der Waals surface area contributed by atoms with Crippen molar-refractivity contribution in [3.63, 3.8) is 0 Å². The molecule has 1 aliphatic heterocycles. The third-order valence-corrected chi connectivity index (χ3v) is 3.71. The molecule has 0 spiro atoms. The summed E-state index contributed by atoms with van der Waals surface area (Å²) in [5, 5.41) is 19.0. The molecule has 0 bridgehead atoms. The van der Waals surface area contributed by atoms with Gasteiger partial charge < -0.3 is 19.8 Å². The van der Waals surface area contributed by atoms with Crippen LogP contribution in [0.5, 0.6) is 11.5 Å². The monoisotopic (exact) mass is 279 g/mol. The summed E-state index contributed by atoms with van der Waals surface area (Å²) in [6.45, 7) is 2.14. The van der Waals surface area contributed by atoms with Gasteiger partial charge in [-0.25, -0.2) is 0 Å². The summed E-state index contributed by atoms with van der Waals surface area (Å²) < 4.78 is 4.96. The molecule has 6 heteroatoms. The molecule has 0 aromatic heterocycles. The lowest BCUT2D eigenvalue weighted by Crippen LogP contribution is -2.34. The normalized spacial score (nSPS) is 21.8. The minimum atomic E-state index is -0.919. The quantitative estimate of drug-likeness (QED) is 0.871. The Bertz CT molecular complexity index is 556. The number of hydrogen-bond acceptors (Lipinski definition) is 4. The average Bonchev–Trinajstić information content (AvgIpc) is 2.82. The molecule has 20 heavy (non-hydrogen) atoms. The average molecular weight is 279 g/mol. The third-order valence-electron chi connectivity index (χ3n) is 3.71. The first-order valence-electron chi connectivity index (χ1n) is 6.27. The van der Waals surface area contributed by atoms with Crippen LogP contribution in [0.15, 0.2) is 18.2 Å². The van der Waals surface area contributed by atoms with Gasteiger partial charge in [0.25, 0.3) is 5.91 Å². The van der Waals surface area contributed by atoms with Crippen LogP contribution in [0.2, 0.25) is 0 Å². The fourth-order valence-electron chi connectivity index (χ4n) is 2.30. The van der Waals surface area contributed by atoms with Crippen LogP contribution in [0.4, 0.5) is 0 Å². The highest BCUT2D eigenvalue weighted by Crippen LogP contribution is 2.32. The number of likely N-dealkylation sites (tertiary alicyclic amines) is 1. The summed E-state index contributed by atoms with van der Waals surface area (Å²) in [6.07, 6.45) is 0.408. The van der Waals surface area contributed by atoms with Gasteiger partial charge in [0.1, 0.15) is 11.5 Å². The number of methoxy groups -OCH3 is 1. The van der Waals surface area contributed by atoms with Gasteiger partial charge in [-0.2, -0.15) is 0 Å². The number of aromatic hydroxyl groups is 1. The summed E-state index contributed by atoms with van der Waals surface area (Å²) in [5.74, 6) is -0.990. The van der Waals surface area contributed by atoms with Crippen LogP contribution in [-0.2, 0) is 4.79 Å². The lowest BCUT2D eigenvalue weighted by molar-refractivity contribution is -0.147. The molecule has 1 fully saturated rings. The van der Waals surface area contributed by atoms with E-state index in [1.165, 1.54) is 24.1 Å². The van der Waals surface area contributed by atoms with Crippen molar-refractivity contribution in [2.75, 3.05) is 20.2 Å². The lowest BCUT2D eigenvalue weighted by atomic mass is 9.90. The van der Waals surface area contributed by atoms with E-state index in [-0.39, 0.29) is 23.8 Å². The molecule has 1 atom stereocenters. The number of aliphatic carboxylic acids is 1. The Morgan fingerprint density at radius 2 is 2.10 bits per heavy atom. The maximum Gasteiger partial charge on any atom is 0.311 e. The SMILES string of the molecule is COc1ccc(C(=O)N2CCC(C)(C(=O)O)C2)c(O)c1. The van der Waals surface area contributed by atoms with E-state index in [1.807, 2.05) is 0 Å². The Morgan fingerprint density at radius 1 is 1.40 bits per heavy atom. The number of benzene rings is 1. The van der Waals surface area contributed by atoms with Crippen LogP contribution in [-0.4, -0.2) is 47.2 Å². The molecular weight excluding hydrogens is 262 g/mol. The van der Waals surface area contributed by atoms with Gasteiger partial charge in [-0.15, -0.1) is 0 Å². The number of carbonyl (C=O) groups excluding carboxylic acids is 1. The molecule has 1 unspecified atom stereocenters. The molecule has 0 radical (unpaired) electrons. The summed E-state index contributed by atoms with van der Waals surface area (Å²) in [4.78, 5) is 24.9. The van der Waals surface area contributed by atoms with E-state index in [1.54, 1.807) is 13.0 Å². The zero-order valence-electron chi connectivity index (χ0n) is 11.4. The van der Waals surface area contributed by atoms with Gasteiger partial charge in [0.05, 0.1) is 18.1 Å². The first-order valence-corrected chi connectivity index (χ1v) is 6.27. The number of phenolic OH excluding ortho intramolecular Hbond substituents is 1. The molecule has 1 amide bonds. The molecule has 6 nitrogen and oxygen atoms in total. The number of nitrogens with zero attached hydrogens (tertiary/aromatic N) is 1. The molecule has 2 N–H and O–H groups in total. The maximum atomic E-state index is 12.3. The second kappa shape index (κ2) is 5.03. The van der Waals surface area contributed by atoms with Crippen LogP contribution in [0, 0.1) is 5.41 Å². The van der Waals surface area contributed by atoms with E-state index in [2.05, 4.69) is 0 Å². The molecule has 1 aromatic carbocycles. The van der Waals surface area contributed by atoms with E-state index in [9.17, 15) is 14.7 Å². The van der Waals surface area contributed by atoms with Crippen molar-refractivity contribution < 1.29 is 24.5 Å². The highest BCUT2D eigenvalue weighted by molar-refractivity contribution is 5.97. The Labute approximate surface area is 116 Å². The molecule has 0 saturated carbocycles. The molecular formula is C14H17NO5. The fourth-order valence-corrected chi connectivity index (χ4v) is 2.30. The van der Waals surface area contributed by atoms with Gasteiger partial charge >= 0.3 is 5.97 Å². The number of carboxylic acid groups (broad SMARTS) is 1. The van der Waals surface area contributed by atoms with Crippen LogP contribution in [0.1, 0.15) is 23.7 Å². The molecule has 1 aliphatic rings. The number of carbonyl (C=O) groups is 2. The van der Waals surface area contributed by atoms with Crippen molar-refractivity contribution in [2.45, 2.75) is 13.3 Å². The van der Waals surface area contributed by atoms with Crippen molar-refractivity contribution in [1.82, 2.24) is 4.90 Å². The van der Waals surface area contributed by atoms with Gasteiger partial charge in [0.15, 0.2) is 0 Å².